The van der Waals surface area contributed by atoms with Crippen LogP contribution in [0.1, 0.15) is 17.5 Å². The third-order valence-electron chi connectivity index (χ3n) is 3.71. The minimum absolute atomic E-state index is 0.0317. The molecule has 2 N–H and O–H groups in total. The van der Waals surface area contributed by atoms with Gasteiger partial charge in [-0.25, -0.2) is 4.39 Å². The van der Waals surface area contributed by atoms with Crippen LogP contribution in [0.4, 0.5) is 15.8 Å². The Hall–Kier alpha value is -1.88. The topological polar surface area (TPSA) is 46.3 Å². The highest BCUT2D eigenvalue weighted by Gasteiger charge is 2.25. The van der Waals surface area contributed by atoms with Crippen LogP contribution in [-0.2, 0) is 17.8 Å². The van der Waals surface area contributed by atoms with Gasteiger partial charge in [-0.05, 0) is 42.3 Å². The second-order valence-electron chi connectivity index (χ2n) is 5.06. The molecule has 2 aromatic carbocycles. The highest BCUT2D eigenvalue weighted by molar-refractivity contribution is 9.10. The predicted molar refractivity (Wildman–Crippen MR) is 84.5 cm³/mol. The van der Waals surface area contributed by atoms with Gasteiger partial charge >= 0.3 is 0 Å². The number of hydrogen-bond donors (Lipinski definition) is 1. The average molecular weight is 349 g/mol. The fraction of sp³-hybridized carbons (Fsp3) is 0.188. The summed E-state index contributed by atoms with van der Waals surface area (Å²) in [5.41, 5.74) is 9.12. The first kappa shape index (κ1) is 14.1. The number of nitrogens with zero attached hydrogens (tertiary/aromatic N) is 1. The van der Waals surface area contributed by atoms with Gasteiger partial charge in [-0.1, -0.05) is 22.0 Å². The summed E-state index contributed by atoms with van der Waals surface area (Å²) in [6.45, 7) is 0.380. The zero-order valence-electron chi connectivity index (χ0n) is 11.3. The summed E-state index contributed by atoms with van der Waals surface area (Å²) in [4.78, 5) is 13.9. The van der Waals surface area contributed by atoms with E-state index in [1.165, 1.54) is 12.1 Å². The maximum atomic E-state index is 13.3. The molecule has 0 unspecified atom stereocenters. The Labute approximate surface area is 130 Å². The van der Waals surface area contributed by atoms with Crippen LogP contribution in [-0.4, -0.2) is 5.91 Å². The first-order chi connectivity index (χ1) is 10.1. The number of nitrogen functional groups attached to an aromatic ring is 1. The molecule has 0 radical (unpaired) electrons. The lowest BCUT2D eigenvalue weighted by Crippen LogP contribution is -2.35. The number of rotatable bonds is 2. The van der Waals surface area contributed by atoms with Crippen molar-refractivity contribution in [1.82, 2.24) is 0 Å². The number of carbonyl (C=O) groups excluding carboxylic acids is 1. The largest absolute Gasteiger partial charge is 0.398 e. The fourth-order valence-corrected chi connectivity index (χ4v) is 3.11. The third kappa shape index (κ3) is 2.65. The molecule has 0 saturated carbocycles. The second-order valence-corrected chi connectivity index (χ2v) is 5.91. The molecule has 0 saturated heterocycles. The van der Waals surface area contributed by atoms with Gasteiger partial charge in [-0.2, -0.15) is 0 Å². The van der Waals surface area contributed by atoms with Crippen LogP contribution in [0.5, 0.6) is 0 Å². The lowest BCUT2D eigenvalue weighted by atomic mass is 10.00. The van der Waals surface area contributed by atoms with Crippen LogP contribution in [0.25, 0.3) is 0 Å². The fourth-order valence-electron chi connectivity index (χ4n) is 2.60. The summed E-state index contributed by atoms with van der Waals surface area (Å²) in [6.07, 6.45) is 0.967. The number of anilines is 2. The van der Waals surface area contributed by atoms with Gasteiger partial charge in [0.05, 0.1) is 6.54 Å². The first-order valence-electron chi connectivity index (χ1n) is 6.68. The molecule has 1 amide bonds. The van der Waals surface area contributed by atoms with Crippen LogP contribution in [0, 0.1) is 5.82 Å². The van der Waals surface area contributed by atoms with E-state index in [0.717, 1.165) is 21.3 Å². The molecular weight excluding hydrogens is 335 g/mol. The normalized spacial score (nSPS) is 14.2. The molecule has 5 heteroatoms. The van der Waals surface area contributed by atoms with Crippen LogP contribution in [0.15, 0.2) is 40.9 Å². The number of benzene rings is 2. The zero-order valence-corrected chi connectivity index (χ0v) is 12.9. The highest BCUT2D eigenvalue weighted by atomic mass is 79.9. The lowest BCUT2D eigenvalue weighted by Gasteiger charge is -2.30. The van der Waals surface area contributed by atoms with Crippen molar-refractivity contribution in [3.8, 4) is 0 Å². The Morgan fingerprint density at radius 1 is 1.24 bits per heavy atom. The van der Waals surface area contributed by atoms with Gasteiger partial charge < -0.3 is 10.6 Å². The van der Waals surface area contributed by atoms with Crippen molar-refractivity contribution in [2.45, 2.75) is 19.4 Å². The molecule has 0 aliphatic carbocycles. The number of fused-ring (bicyclic) bond motifs is 1. The third-order valence-corrected chi connectivity index (χ3v) is 4.46. The van der Waals surface area contributed by atoms with Crippen molar-refractivity contribution in [2.24, 2.45) is 0 Å². The van der Waals surface area contributed by atoms with E-state index in [-0.39, 0.29) is 11.7 Å². The van der Waals surface area contributed by atoms with Crippen LogP contribution >= 0.6 is 15.9 Å². The number of carbonyl (C=O) groups is 1. The Morgan fingerprint density at radius 2 is 2.05 bits per heavy atom. The summed E-state index contributed by atoms with van der Waals surface area (Å²) >= 11 is 3.47. The Kier molecular flexibility index (Phi) is 3.68. The molecule has 0 spiro atoms. The van der Waals surface area contributed by atoms with Crippen LogP contribution < -0.4 is 10.6 Å². The van der Waals surface area contributed by atoms with E-state index < -0.39 is 0 Å². The molecule has 108 valence electrons. The van der Waals surface area contributed by atoms with Gasteiger partial charge in [0, 0.05) is 27.8 Å². The van der Waals surface area contributed by atoms with Gasteiger partial charge in [-0.3, -0.25) is 4.79 Å². The summed E-state index contributed by atoms with van der Waals surface area (Å²) in [5, 5.41) is 0. The van der Waals surface area contributed by atoms with E-state index in [0.29, 0.717) is 25.1 Å². The Morgan fingerprint density at radius 3 is 2.81 bits per heavy atom. The molecule has 0 fully saturated rings. The molecule has 3 rings (SSSR count). The summed E-state index contributed by atoms with van der Waals surface area (Å²) in [6, 6.07) is 10.1. The van der Waals surface area contributed by atoms with Gasteiger partial charge in [0.2, 0.25) is 5.91 Å². The monoisotopic (exact) mass is 348 g/mol. The quantitative estimate of drug-likeness (QED) is 0.842. The second kappa shape index (κ2) is 5.48. The smallest absolute Gasteiger partial charge is 0.227 e. The number of aryl methyl sites for hydroxylation is 1. The molecular formula is C16H14BrFN2O. The first-order valence-corrected chi connectivity index (χ1v) is 7.47. The summed E-state index contributed by atoms with van der Waals surface area (Å²) < 4.78 is 14.2. The molecule has 0 bridgehead atoms. The maximum absolute atomic E-state index is 13.3. The van der Waals surface area contributed by atoms with Gasteiger partial charge in [0.25, 0.3) is 0 Å². The predicted octanol–water partition coefficient (Wildman–Crippen LogP) is 3.65. The maximum Gasteiger partial charge on any atom is 0.227 e. The number of nitrogens with two attached hydrogens (primary N) is 1. The molecule has 0 aromatic heterocycles. The molecule has 21 heavy (non-hydrogen) atoms. The standard InChI is InChI=1S/C16H14BrFN2O/c17-13-2-1-3-14(19)12(13)9-20-15-6-5-11(18)8-10(15)4-7-16(20)21/h1-3,5-6,8H,4,7,9,19H2. The molecule has 0 atom stereocenters. The van der Waals surface area contributed by atoms with E-state index in [9.17, 15) is 9.18 Å². The summed E-state index contributed by atoms with van der Waals surface area (Å²) in [5.74, 6) is -0.243. The van der Waals surface area contributed by atoms with Crippen molar-refractivity contribution in [2.75, 3.05) is 10.6 Å². The van der Waals surface area contributed by atoms with E-state index in [4.69, 9.17) is 5.73 Å². The highest BCUT2D eigenvalue weighted by Crippen LogP contribution is 2.32. The van der Waals surface area contributed by atoms with Crippen molar-refractivity contribution in [1.29, 1.82) is 0 Å². The molecule has 3 nitrogen and oxygen atoms in total. The van der Waals surface area contributed by atoms with Gasteiger partial charge in [0.1, 0.15) is 5.82 Å². The molecule has 2 aromatic rings. The number of hydrogen-bond acceptors (Lipinski definition) is 2. The van der Waals surface area contributed by atoms with E-state index in [1.54, 1.807) is 17.0 Å². The average Bonchev–Trinajstić information content (AvgIpc) is 2.45. The van der Waals surface area contributed by atoms with Gasteiger partial charge in [0.15, 0.2) is 0 Å². The SMILES string of the molecule is Nc1cccc(Br)c1CN1C(=O)CCc2cc(F)ccc21. The van der Waals surface area contributed by atoms with E-state index in [2.05, 4.69) is 15.9 Å². The molecule has 1 aliphatic heterocycles. The minimum Gasteiger partial charge on any atom is -0.398 e. The van der Waals surface area contributed by atoms with E-state index in [1.807, 2.05) is 12.1 Å². The van der Waals surface area contributed by atoms with Crippen molar-refractivity contribution < 1.29 is 9.18 Å². The number of halogens is 2. The molecule has 1 heterocycles. The van der Waals surface area contributed by atoms with Crippen molar-refractivity contribution in [3.05, 3.63) is 57.8 Å². The van der Waals surface area contributed by atoms with Crippen LogP contribution in [0.2, 0.25) is 0 Å². The number of amides is 1. The van der Waals surface area contributed by atoms with E-state index >= 15 is 0 Å². The summed E-state index contributed by atoms with van der Waals surface area (Å²) in [7, 11) is 0. The molecule has 1 aliphatic rings. The lowest BCUT2D eigenvalue weighted by molar-refractivity contribution is -0.119. The Balaban J connectivity index is 2.01. The Bertz CT molecular complexity index is 697. The van der Waals surface area contributed by atoms with Crippen molar-refractivity contribution in [3.63, 3.8) is 0 Å². The van der Waals surface area contributed by atoms with Crippen LogP contribution in [0.3, 0.4) is 0 Å². The van der Waals surface area contributed by atoms with Crippen molar-refractivity contribution >= 4 is 33.2 Å². The zero-order chi connectivity index (χ0) is 15.0. The minimum atomic E-state index is -0.275. The van der Waals surface area contributed by atoms with Gasteiger partial charge in [-0.15, -0.1) is 0 Å².